The number of halogens is 1. The van der Waals surface area contributed by atoms with Gasteiger partial charge in [-0.15, -0.1) is 0 Å². The fraction of sp³-hybridized carbons (Fsp3) is 0.462. The Morgan fingerprint density at radius 3 is 2.50 bits per heavy atom. The van der Waals surface area contributed by atoms with Crippen molar-refractivity contribution in [1.82, 2.24) is 0 Å². The van der Waals surface area contributed by atoms with Crippen LogP contribution in [-0.4, -0.2) is 11.6 Å². The van der Waals surface area contributed by atoms with Gasteiger partial charge in [-0.1, -0.05) is 18.5 Å². The average molecular weight is 241 g/mol. The fourth-order valence-electron chi connectivity index (χ4n) is 1.39. The predicted octanol–water partition coefficient (Wildman–Crippen LogP) is 3.86. The zero-order valence-corrected chi connectivity index (χ0v) is 10.9. The predicted molar refractivity (Wildman–Crippen MR) is 66.0 cm³/mol. The molecule has 0 atom stereocenters. The summed E-state index contributed by atoms with van der Waals surface area (Å²) in [6.45, 7) is 7.55. The SMILES string of the molecule is CCc1cc(Cl)ccc1C(=O)OC(C)(C)C. The number of hydrogen-bond acceptors (Lipinski definition) is 2. The highest BCUT2D eigenvalue weighted by atomic mass is 35.5. The molecule has 0 aromatic heterocycles. The van der Waals surface area contributed by atoms with Gasteiger partial charge in [0.15, 0.2) is 0 Å². The summed E-state index contributed by atoms with van der Waals surface area (Å²) in [7, 11) is 0. The molecule has 2 nitrogen and oxygen atoms in total. The number of benzene rings is 1. The van der Waals surface area contributed by atoms with E-state index in [4.69, 9.17) is 16.3 Å². The molecule has 0 aliphatic heterocycles. The molecule has 0 amide bonds. The molecule has 1 aromatic carbocycles. The van der Waals surface area contributed by atoms with Gasteiger partial charge in [0.2, 0.25) is 0 Å². The van der Waals surface area contributed by atoms with Gasteiger partial charge in [-0.2, -0.15) is 0 Å². The second-order valence-electron chi connectivity index (χ2n) is 4.66. The monoisotopic (exact) mass is 240 g/mol. The largest absolute Gasteiger partial charge is 0.456 e. The Kier molecular flexibility index (Phi) is 3.98. The number of hydrogen-bond donors (Lipinski definition) is 0. The van der Waals surface area contributed by atoms with E-state index in [-0.39, 0.29) is 5.97 Å². The molecule has 0 saturated carbocycles. The van der Waals surface area contributed by atoms with Crippen LogP contribution >= 0.6 is 11.6 Å². The summed E-state index contributed by atoms with van der Waals surface area (Å²) in [6.07, 6.45) is 0.759. The van der Waals surface area contributed by atoms with E-state index in [1.165, 1.54) is 0 Å². The molecule has 0 fully saturated rings. The second kappa shape index (κ2) is 4.88. The van der Waals surface area contributed by atoms with Gasteiger partial charge >= 0.3 is 5.97 Å². The van der Waals surface area contributed by atoms with Crippen LogP contribution in [0.5, 0.6) is 0 Å². The Hall–Kier alpha value is -1.02. The van der Waals surface area contributed by atoms with E-state index in [2.05, 4.69) is 0 Å². The molecule has 0 saturated heterocycles. The Morgan fingerprint density at radius 2 is 2.00 bits per heavy atom. The van der Waals surface area contributed by atoms with Gasteiger partial charge in [0, 0.05) is 5.02 Å². The Morgan fingerprint density at radius 1 is 1.38 bits per heavy atom. The molecule has 16 heavy (non-hydrogen) atoms. The first-order valence-electron chi connectivity index (χ1n) is 5.35. The van der Waals surface area contributed by atoms with Crippen molar-refractivity contribution in [3.05, 3.63) is 34.3 Å². The van der Waals surface area contributed by atoms with Gasteiger partial charge in [-0.25, -0.2) is 4.79 Å². The Bertz CT molecular complexity index is 391. The number of ether oxygens (including phenoxy) is 1. The lowest BCUT2D eigenvalue weighted by atomic mass is 10.1. The van der Waals surface area contributed by atoms with Gasteiger partial charge in [-0.05, 0) is 51.0 Å². The van der Waals surface area contributed by atoms with Gasteiger partial charge in [-0.3, -0.25) is 0 Å². The van der Waals surface area contributed by atoms with E-state index in [1.54, 1.807) is 18.2 Å². The Balaban J connectivity index is 2.99. The number of carbonyl (C=O) groups is 1. The Labute approximate surface area is 102 Å². The van der Waals surface area contributed by atoms with Crippen molar-refractivity contribution in [3.8, 4) is 0 Å². The minimum Gasteiger partial charge on any atom is -0.456 e. The molecule has 0 radical (unpaired) electrons. The van der Waals surface area contributed by atoms with Gasteiger partial charge in [0.1, 0.15) is 5.60 Å². The van der Waals surface area contributed by atoms with Crippen LogP contribution in [0.4, 0.5) is 0 Å². The topological polar surface area (TPSA) is 26.3 Å². The molecule has 0 aliphatic carbocycles. The number of rotatable bonds is 2. The maximum Gasteiger partial charge on any atom is 0.338 e. The summed E-state index contributed by atoms with van der Waals surface area (Å²) >= 11 is 5.88. The summed E-state index contributed by atoms with van der Waals surface area (Å²) in [5.74, 6) is -0.291. The van der Waals surface area contributed by atoms with Crippen LogP contribution in [0.3, 0.4) is 0 Å². The maximum absolute atomic E-state index is 11.9. The summed E-state index contributed by atoms with van der Waals surface area (Å²) in [5.41, 5.74) is 1.05. The van der Waals surface area contributed by atoms with E-state index >= 15 is 0 Å². The molecule has 0 bridgehead atoms. The summed E-state index contributed by atoms with van der Waals surface area (Å²) in [5, 5.41) is 0.643. The third-order valence-corrected chi connectivity index (χ3v) is 2.30. The first-order chi connectivity index (χ1) is 7.33. The number of carbonyl (C=O) groups excluding carboxylic acids is 1. The third kappa shape index (κ3) is 3.53. The van der Waals surface area contributed by atoms with Crippen LogP contribution in [0.1, 0.15) is 43.6 Å². The van der Waals surface area contributed by atoms with Crippen molar-refractivity contribution in [2.24, 2.45) is 0 Å². The lowest BCUT2D eigenvalue weighted by molar-refractivity contribution is 0.00684. The number of esters is 1. The van der Waals surface area contributed by atoms with Crippen molar-refractivity contribution in [1.29, 1.82) is 0 Å². The molecule has 0 spiro atoms. The number of aryl methyl sites for hydroxylation is 1. The molecule has 0 unspecified atom stereocenters. The lowest BCUT2D eigenvalue weighted by Crippen LogP contribution is -2.24. The summed E-state index contributed by atoms with van der Waals surface area (Å²) < 4.78 is 5.32. The van der Waals surface area contributed by atoms with Crippen molar-refractivity contribution in [2.75, 3.05) is 0 Å². The maximum atomic E-state index is 11.9. The summed E-state index contributed by atoms with van der Waals surface area (Å²) in [6, 6.07) is 5.23. The normalized spacial score (nSPS) is 11.3. The third-order valence-electron chi connectivity index (χ3n) is 2.07. The van der Waals surface area contributed by atoms with E-state index in [0.29, 0.717) is 10.6 Å². The van der Waals surface area contributed by atoms with Gasteiger partial charge in [0.25, 0.3) is 0 Å². The van der Waals surface area contributed by atoms with Crippen LogP contribution in [0, 0.1) is 0 Å². The molecular formula is C13H17ClO2. The fourth-order valence-corrected chi connectivity index (χ4v) is 1.58. The van der Waals surface area contributed by atoms with E-state index in [9.17, 15) is 4.79 Å². The molecule has 0 N–H and O–H groups in total. The van der Waals surface area contributed by atoms with Crippen molar-refractivity contribution in [2.45, 2.75) is 39.7 Å². The quantitative estimate of drug-likeness (QED) is 0.734. The molecule has 0 aliphatic rings. The van der Waals surface area contributed by atoms with E-state index < -0.39 is 5.60 Å². The average Bonchev–Trinajstić information content (AvgIpc) is 2.14. The minimum absolute atomic E-state index is 0.291. The van der Waals surface area contributed by atoms with Crippen molar-refractivity contribution >= 4 is 17.6 Å². The highest BCUT2D eigenvalue weighted by Crippen LogP contribution is 2.19. The first-order valence-corrected chi connectivity index (χ1v) is 5.73. The molecule has 0 heterocycles. The molecule has 1 rings (SSSR count). The van der Waals surface area contributed by atoms with E-state index in [1.807, 2.05) is 27.7 Å². The molecule has 1 aromatic rings. The first kappa shape index (κ1) is 13.0. The smallest absolute Gasteiger partial charge is 0.338 e. The molecular weight excluding hydrogens is 224 g/mol. The van der Waals surface area contributed by atoms with Crippen LogP contribution in [-0.2, 0) is 11.2 Å². The standard InChI is InChI=1S/C13H17ClO2/c1-5-9-8-10(14)6-7-11(9)12(15)16-13(2,3)4/h6-8H,5H2,1-4H3. The van der Waals surface area contributed by atoms with Crippen molar-refractivity contribution < 1.29 is 9.53 Å². The highest BCUT2D eigenvalue weighted by Gasteiger charge is 2.19. The second-order valence-corrected chi connectivity index (χ2v) is 5.09. The van der Waals surface area contributed by atoms with Crippen LogP contribution < -0.4 is 0 Å². The van der Waals surface area contributed by atoms with Crippen LogP contribution in [0.15, 0.2) is 18.2 Å². The zero-order chi connectivity index (χ0) is 12.3. The van der Waals surface area contributed by atoms with E-state index in [0.717, 1.165) is 12.0 Å². The minimum atomic E-state index is -0.471. The highest BCUT2D eigenvalue weighted by molar-refractivity contribution is 6.30. The zero-order valence-electron chi connectivity index (χ0n) is 10.1. The van der Waals surface area contributed by atoms with Crippen LogP contribution in [0.2, 0.25) is 5.02 Å². The van der Waals surface area contributed by atoms with Crippen molar-refractivity contribution in [3.63, 3.8) is 0 Å². The van der Waals surface area contributed by atoms with Gasteiger partial charge < -0.3 is 4.74 Å². The summed E-state index contributed by atoms with van der Waals surface area (Å²) in [4.78, 5) is 11.9. The molecule has 3 heteroatoms. The van der Waals surface area contributed by atoms with Gasteiger partial charge in [0.05, 0.1) is 5.56 Å². The lowest BCUT2D eigenvalue weighted by Gasteiger charge is -2.20. The van der Waals surface area contributed by atoms with Crippen LogP contribution in [0.25, 0.3) is 0 Å². The molecule has 88 valence electrons.